The van der Waals surface area contributed by atoms with E-state index in [1.54, 1.807) is 17.7 Å². The van der Waals surface area contributed by atoms with Crippen molar-refractivity contribution in [2.24, 2.45) is 5.92 Å². The lowest BCUT2D eigenvalue weighted by molar-refractivity contribution is 0.384. The lowest BCUT2D eigenvalue weighted by atomic mass is 9.92. The Balaban J connectivity index is 1.79. The summed E-state index contributed by atoms with van der Waals surface area (Å²) in [7, 11) is 0. The third kappa shape index (κ3) is 1.54. The van der Waals surface area contributed by atoms with Gasteiger partial charge in [0.25, 0.3) is 0 Å². The topological polar surface area (TPSA) is 41.1 Å². The second-order valence-corrected chi connectivity index (χ2v) is 6.05. The number of piperidine rings is 1. The van der Waals surface area contributed by atoms with Gasteiger partial charge in [-0.05, 0) is 30.2 Å². The van der Waals surface area contributed by atoms with Crippen LogP contribution in [0.1, 0.15) is 12.8 Å². The van der Waals surface area contributed by atoms with Crippen molar-refractivity contribution in [1.29, 1.82) is 0 Å². The van der Waals surface area contributed by atoms with Crippen LogP contribution in [0.25, 0.3) is 10.2 Å². The van der Waals surface area contributed by atoms with Crippen LogP contribution >= 0.6 is 11.3 Å². The predicted octanol–water partition coefficient (Wildman–Crippen LogP) is 1.88. The molecule has 0 saturated carbocycles. The molecule has 2 unspecified atom stereocenters. The van der Waals surface area contributed by atoms with Crippen molar-refractivity contribution in [3.8, 4) is 0 Å². The maximum Gasteiger partial charge on any atom is 0.141 e. The van der Waals surface area contributed by atoms with E-state index in [1.807, 2.05) is 0 Å². The molecule has 2 fully saturated rings. The van der Waals surface area contributed by atoms with Crippen LogP contribution in [0.5, 0.6) is 0 Å². The Labute approximate surface area is 110 Å². The van der Waals surface area contributed by atoms with Gasteiger partial charge in [-0.3, -0.25) is 0 Å². The number of fused-ring (bicyclic) bond motifs is 2. The molecule has 4 heterocycles. The molecule has 4 rings (SSSR count). The largest absolute Gasteiger partial charge is 0.351 e. The third-order valence-electron chi connectivity index (χ3n) is 4.19. The van der Waals surface area contributed by atoms with Crippen LogP contribution in [0.15, 0.2) is 17.8 Å². The Hall–Kier alpha value is -1.20. The van der Waals surface area contributed by atoms with Gasteiger partial charge in [0.15, 0.2) is 0 Å². The number of anilines is 1. The van der Waals surface area contributed by atoms with Crippen molar-refractivity contribution in [3.63, 3.8) is 0 Å². The first-order chi connectivity index (χ1) is 8.93. The standard InChI is InChI=1S/C13H16N4S/c1-2-9-6-14-7-11(9)17(4-1)12-10-3-5-18-13(10)16-8-15-12/h3,5,8-9,11,14H,1-2,4,6-7H2. The van der Waals surface area contributed by atoms with Crippen LogP contribution < -0.4 is 10.2 Å². The molecule has 5 heteroatoms. The average molecular weight is 260 g/mol. The van der Waals surface area contributed by atoms with E-state index in [2.05, 4.69) is 31.6 Å². The Morgan fingerprint density at radius 3 is 3.33 bits per heavy atom. The maximum absolute atomic E-state index is 4.56. The van der Waals surface area contributed by atoms with Crippen LogP contribution in [0.4, 0.5) is 5.82 Å². The number of rotatable bonds is 1. The molecule has 0 amide bonds. The maximum atomic E-state index is 4.56. The van der Waals surface area contributed by atoms with Gasteiger partial charge in [0, 0.05) is 25.7 Å². The fourth-order valence-electron chi connectivity index (χ4n) is 3.34. The van der Waals surface area contributed by atoms with Gasteiger partial charge in [-0.1, -0.05) is 0 Å². The second kappa shape index (κ2) is 4.17. The first kappa shape index (κ1) is 10.7. The van der Waals surface area contributed by atoms with E-state index < -0.39 is 0 Å². The molecule has 2 aromatic rings. The molecule has 4 nitrogen and oxygen atoms in total. The van der Waals surface area contributed by atoms with E-state index in [9.17, 15) is 0 Å². The quantitative estimate of drug-likeness (QED) is 0.850. The van der Waals surface area contributed by atoms with Crippen molar-refractivity contribution in [3.05, 3.63) is 17.8 Å². The number of hydrogen-bond donors (Lipinski definition) is 1. The van der Waals surface area contributed by atoms with Crippen molar-refractivity contribution in [1.82, 2.24) is 15.3 Å². The zero-order valence-electron chi connectivity index (χ0n) is 10.2. The van der Waals surface area contributed by atoms with E-state index >= 15 is 0 Å². The fraction of sp³-hybridized carbons (Fsp3) is 0.538. The minimum atomic E-state index is 0.622. The van der Waals surface area contributed by atoms with E-state index in [-0.39, 0.29) is 0 Å². The minimum Gasteiger partial charge on any atom is -0.351 e. The Morgan fingerprint density at radius 1 is 1.33 bits per heavy atom. The zero-order chi connectivity index (χ0) is 11.9. The molecule has 0 aromatic carbocycles. The Morgan fingerprint density at radius 2 is 2.33 bits per heavy atom. The number of aromatic nitrogens is 2. The highest BCUT2D eigenvalue weighted by atomic mass is 32.1. The summed E-state index contributed by atoms with van der Waals surface area (Å²) >= 11 is 1.70. The van der Waals surface area contributed by atoms with E-state index in [4.69, 9.17) is 0 Å². The first-order valence-corrected chi connectivity index (χ1v) is 7.47. The van der Waals surface area contributed by atoms with Gasteiger partial charge in [-0.2, -0.15) is 0 Å². The van der Waals surface area contributed by atoms with E-state index in [0.717, 1.165) is 29.7 Å². The normalized spacial score (nSPS) is 27.7. The van der Waals surface area contributed by atoms with Gasteiger partial charge in [0.05, 0.1) is 5.39 Å². The molecule has 0 aliphatic carbocycles. The number of nitrogens with zero attached hydrogens (tertiary/aromatic N) is 3. The summed E-state index contributed by atoms with van der Waals surface area (Å²) in [4.78, 5) is 12.5. The molecular weight excluding hydrogens is 244 g/mol. The third-order valence-corrected chi connectivity index (χ3v) is 5.01. The van der Waals surface area contributed by atoms with Crippen LogP contribution in [-0.2, 0) is 0 Å². The molecular formula is C13H16N4S. The van der Waals surface area contributed by atoms with Crippen molar-refractivity contribution >= 4 is 27.4 Å². The summed E-state index contributed by atoms with van der Waals surface area (Å²) in [6, 6.07) is 2.78. The summed E-state index contributed by atoms with van der Waals surface area (Å²) in [6.07, 6.45) is 4.34. The summed E-state index contributed by atoms with van der Waals surface area (Å²) < 4.78 is 0. The lowest BCUT2D eigenvalue weighted by Gasteiger charge is -2.38. The predicted molar refractivity (Wildman–Crippen MR) is 74.1 cm³/mol. The van der Waals surface area contributed by atoms with E-state index in [1.165, 1.54) is 24.8 Å². The van der Waals surface area contributed by atoms with Gasteiger partial charge in [0.2, 0.25) is 0 Å². The number of nitrogens with one attached hydrogen (secondary N) is 1. The molecule has 0 spiro atoms. The van der Waals surface area contributed by atoms with Crippen LogP contribution in [0.2, 0.25) is 0 Å². The van der Waals surface area contributed by atoms with Crippen molar-refractivity contribution in [2.45, 2.75) is 18.9 Å². The summed E-state index contributed by atoms with van der Waals surface area (Å²) in [5.74, 6) is 1.93. The summed E-state index contributed by atoms with van der Waals surface area (Å²) in [5, 5.41) is 6.85. The average Bonchev–Trinajstić information content (AvgIpc) is 3.06. The lowest BCUT2D eigenvalue weighted by Crippen LogP contribution is -2.45. The molecule has 2 saturated heterocycles. The van der Waals surface area contributed by atoms with E-state index in [0.29, 0.717) is 6.04 Å². The molecule has 18 heavy (non-hydrogen) atoms. The van der Waals surface area contributed by atoms with Crippen LogP contribution in [0, 0.1) is 5.92 Å². The minimum absolute atomic E-state index is 0.622. The molecule has 2 atom stereocenters. The number of hydrogen-bond acceptors (Lipinski definition) is 5. The van der Waals surface area contributed by atoms with Crippen molar-refractivity contribution < 1.29 is 0 Å². The molecule has 2 aliphatic rings. The summed E-state index contributed by atoms with van der Waals surface area (Å²) in [6.45, 7) is 3.39. The van der Waals surface area contributed by atoms with Gasteiger partial charge < -0.3 is 10.2 Å². The molecule has 2 aromatic heterocycles. The van der Waals surface area contributed by atoms with Crippen LogP contribution in [0.3, 0.4) is 0 Å². The van der Waals surface area contributed by atoms with Gasteiger partial charge in [-0.15, -0.1) is 11.3 Å². The fourth-order valence-corrected chi connectivity index (χ4v) is 4.06. The van der Waals surface area contributed by atoms with Crippen molar-refractivity contribution in [2.75, 3.05) is 24.5 Å². The molecule has 0 bridgehead atoms. The second-order valence-electron chi connectivity index (χ2n) is 5.16. The zero-order valence-corrected chi connectivity index (χ0v) is 11.0. The molecule has 0 radical (unpaired) electrons. The molecule has 94 valence electrons. The highest BCUT2D eigenvalue weighted by Crippen LogP contribution is 2.34. The van der Waals surface area contributed by atoms with Gasteiger partial charge in [0.1, 0.15) is 17.0 Å². The van der Waals surface area contributed by atoms with Gasteiger partial charge in [-0.25, -0.2) is 9.97 Å². The molecule has 1 N–H and O–H groups in total. The molecule has 2 aliphatic heterocycles. The SMILES string of the molecule is c1nc(N2CCCC3CNCC32)c2ccsc2n1. The monoisotopic (exact) mass is 260 g/mol. The summed E-state index contributed by atoms with van der Waals surface area (Å²) in [5.41, 5.74) is 0. The van der Waals surface area contributed by atoms with Gasteiger partial charge >= 0.3 is 0 Å². The highest BCUT2D eigenvalue weighted by molar-refractivity contribution is 7.16. The Kier molecular flexibility index (Phi) is 2.48. The Bertz CT molecular complexity index is 567. The first-order valence-electron chi connectivity index (χ1n) is 6.59. The smallest absolute Gasteiger partial charge is 0.141 e. The van der Waals surface area contributed by atoms with Crippen LogP contribution in [-0.4, -0.2) is 35.6 Å². The highest BCUT2D eigenvalue weighted by Gasteiger charge is 2.36. The number of thiophene rings is 1.